The Bertz CT molecular complexity index is 240. The van der Waals surface area contributed by atoms with Crippen molar-refractivity contribution in [2.45, 2.75) is 75.4 Å². The SMILES string of the molecule is OCCCOC12CCCCC1(OCCCO)CCCC2. The van der Waals surface area contributed by atoms with E-state index in [1.807, 2.05) is 0 Å². The molecule has 0 amide bonds. The van der Waals surface area contributed by atoms with Crippen LogP contribution in [-0.2, 0) is 9.47 Å². The van der Waals surface area contributed by atoms with Gasteiger partial charge in [-0.15, -0.1) is 0 Å². The van der Waals surface area contributed by atoms with Gasteiger partial charge in [0, 0.05) is 26.4 Å². The molecule has 118 valence electrons. The van der Waals surface area contributed by atoms with E-state index in [4.69, 9.17) is 19.7 Å². The van der Waals surface area contributed by atoms with E-state index in [1.165, 1.54) is 25.7 Å². The molecule has 0 aromatic heterocycles. The molecule has 0 heterocycles. The molecular formula is C16H30O4. The molecule has 2 fully saturated rings. The second kappa shape index (κ2) is 7.74. The summed E-state index contributed by atoms with van der Waals surface area (Å²) in [5.41, 5.74) is -0.289. The lowest BCUT2D eigenvalue weighted by atomic mass is 9.63. The molecule has 0 aliphatic heterocycles. The molecule has 2 saturated carbocycles. The Labute approximate surface area is 122 Å². The molecule has 0 aromatic rings. The minimum absolute atomic E-state index is 0.145. The maximum atomic E-state index is 8.99. The Morgan fingerprint density at radius 2 is 1.00 bits per heavy atom. The van der Waals surface area contributed by atoms with Gasteiger partial charge in [0.25, 0.3) is 0 Å². The van der Waals surface area contributed by atoms with Crippen LogP contribution in [0.3, 0.4) is 0 Å². The van der Waals surface area contributed by atoms with Gasteiger partial charge in [-0.25, -0.2) is 0 Å². The highest BCUT2D eigenvalue weighted by Crippen LogP contribution is 2.51. The van der Waals surface area contributed by atoms with E-state index in [1.54, 1.807) is 0 Å². The van der Waals surface area contributed by atoms with E-state index >= 15 is 0 Å². The molecule has 0 aromatic carbocycles. The third-order valence-electron chi connectivity index (χ3n) is 5.01. The van der Waals surface area contributed by atoms with Crippen molar-refractivity contribution in [1.29, 1.82) is 0 Å². The Kier molecular flexibility index (Phi) is 6.27. The van der Waals surface area contributed by atoms with Crippen LogP contribution >= 0.6 is 0 Å². The molecule has 0 bridgehead atoms. The maximum Gasteiger partial charge on any atom is 0.0970 e. The highest BCUT2D eigenvalue weighted by atomic mass is 16.6. The van der Waals surface area contributed by atoms with Crippen molar-refractivity contribution in [3.05, 3.63) is 0 Å². The summed E-state index contributed by atoms with van der Waals surface area (Å²) in [6.45, 7) is 1.63. The van der Waals surface area contributed by atoms with Crippen LogP contribution in [0.5, 0.6) is 0 Å². The third-order valence-corrected chi connectivity index (χ3v) is 5.01. The monoisotopic (exact) mass is 286 g/mol. The van der Waals surface area contributed by atoms with Crippen LogP contribution < -0.4 is 0 Å². The Morgan fingerprint density at radius 3 is 1.30 bits per heavy atom. The van der Waals surface area contributed by atoms with E-state index in [0.717, 1.165) is 25.7 Å². The van der Waals surface area contributed by atoms with Gasteiger partial charge >= 0.3 is 0 Å². The van der Waals surface area contributed by atoms with Crippen molar-refractivity contribution in [2.24, 2.45) is 0 Å². The minimum atomic E-state index is -0.145. The van der Waals surface area contributed by atoms with Gasteiger partial charge in [0.15, 0.2) is 0 Å². The Hall–Kier alpha value is -0.160. The van der Waals surface area contributed by atoms with Crippen LogP contribution in [-0.4, -0.2) is 47.8 Å². The van der Waals surface area contributed by atoms with Crippen molar-refractivity contribution in [1.82, 2.24) is 0 Å². The molecule has 2 N–H and O–H groups in total. The lowest BCUT2D eigenvalue weighted by Gasteiger charge is -2.55. The Morgan fingerprint density at radius 1 is 0.650 bits per heavy atom. The van der Waals surface area contributed by atoms with Crippen molar-refractivity contribution in [3.8, 4) is 0 Å². The topological polar surface area (TPSA) is 58.9 Å². The summed E-state index contributed by atoms with van der Waals surface area (Å²) in [7, 11) is 0. The second-order valence-electron chi connectivity index (χ2n) is 6.25. The van der Waals surface area contributed by atoms with Crippen LogP contribution in [0.2, 0.25) is 0 Å². The first-order valence-corrected chi connectivity index (χ1v) is 8.28. The maximum absolute atomic E-state index is 8.99. The lowest BCUT2D eigenvalue weighted by Crippen LogP contribution is -2.61. The molecule has 4 nitrogen and oxygen atoms in total. The number of hydrogen-bond acceptors (Lipinski definition) is 4. The van der Waals surface area contributed by atoms with Crippen molar-refractivity contribution in [3.63, 3.8) is 0 Å². The number of aliphatic hydroxyl groups is 2. The molecule has 2 rings (SSSR count). The number of rotatable bonds is 8. The first-order chi connectivity index (χ1) is 9.79. The van der Waals surface area contributed by atoms with Crippen LogP contribution in [0.1, 0.15) is 64.2 Å². The van der Waals surface area contributed by atoms with E-state index in [2.05, 4.69) is 0 Å². The number of ether oxygens (including phenoxy) is 2. The summed E-state index contributed by atoms with van der Waals surface area (Å²) in [5.74, 6) is 0. The van der Waals surface area contributed by atoms with E-state index < -0.39 is 0 Å². The highest BCUT2D eigenvalue weighted by Gasteiger charge is 2.55. The third kappa shape index (κ3) is 3.35. The van der Waals surface area contributed by atoms with Gasteiger partial charge in [-0.05, 0) is 38.5 Å². The summed E-state index contributed by atoms with van der Waals surface area (Å²) in [6.07, 6.45) is 10.6. The van der Waals surface area contributed by atoms with Crippen molar-refractivity contribution < 1.29 is 19.7 Å². The lowest BCUT2D eigenvalue weighted by molar-refractivity contribution is -0.247. The standard InChI is InChI=1S/C16H30O4/c17-11-5-13-19-15-7-1-2-8-16(15,10-4-3-9-15)20-14-6-12-18/h17-18H,1-14H2. The molecule has 0 saturated heterocycles. The number of fused-ring (bicyclic) bond motifs is 1. The van der Waals surface area contributed by atoms with Gasteiger partial charge in [-0.2, -0.15) is 0 Å². The Balaban J connectivity index is 2.07. The van der Waals surface area contributed by atoms with Gasteiger partial charge in [-0.1, -0.05) is 25.7 Å². The van der Waals surface area contributed by atoms with Crippen LogP contribution in [0.15, 0.2) is 0 Å². The van der Waals surface area contributed by atoms with Gasteiger partial charge in [-0.3, -0.25) is 0 Å². The average Bonchev–Trinajstić information content (AvgIpc) is 2.48. The first-order valence-electron chi connectivity index (χ1n) is 8.28. The molecule has 0 atom stereocenters. The van der Waals surface area contributed by atoms with Gasteiger partial charge in [0.1, 0.15) is 0 Å². The molecule has 2 aliphatic rings. The molecule has 20 heavy (non-hydrogen) atoms. The van der Waals surface area contributed by atoms with Gasteiger partial charge in [0.2, 0.25) is 0 Å². The minimum Gasteiger partial charge on any atom is -0.396 e. The van der Waals surface area contributed by atoms with E-state index in [-0.39, 0.29) is 24.4 Å². The zero-order chi connectivity index (χ0) is 14.3. The highest BCUT2D eigenvalue weighted by molar-refractivity contribution is 5.07. The van der Waals surface area contributed by atoms with E-state index in [0.29, 0.717) is 26.1 Å². The van der Waals surface area contributed by atoms with E-state index in [9.17, 15) is 0 Å². The zero-order valence-electron chi connectivity index (χ0n) is 12.6. The first kappa shape index (κ1) is 16.2. The predicted molar refractivity (Wildman–Crippen MR) is 77.7 cm³/mol. The molecule has 4 heteroatoms. The zero-order valence-corrected chi connectivity index (χ0v) is 12.6. The largest absolute Gasteiger partial charge is 0.396 e. The molecular weight excluding hydrogens is 256 g/mol. The summed E-state index contributed by atoms with van der Waals surface area (Å²) >= 11 is 0. The molecule has 0 radical (unpaired) electrons. The average molecular weight is 286 g/mol. The molecule has 0 spiro atoms. The summed E-state index contributed by atoms with van der Waals surface area (Å²) < 4.78 is 12.6. The number of aliphatic hydroxyl groups excluding tert-OH is 2. The fourth-order valence-electron chi connectivity index (χ4n) is 4.02. The normalized spacial score (nSPS) is 33.9. The fourth-order valence-corrected chi connectivity index (χ4v) is 4.02. The summed E-state index contributed by atoms with van der Waals surface area (Å²) in [4.78, 5) is 0. The second-order valence-corrected chi connectivity index (χ2v) is 6.25. The van der Waals surface area contributed by atoms with Crippen molar-refractivity contribution >= 4 is 0 Å². The number of hydrogen-bond donors (Lipinski definition) is 2. The predicted octanol–water partition coefficient (Wildman–Crippen LogP) is 2.41. The molecule has 0 unspecified atom stereocenters. The van der Waals surface area contributed by atoms with Gasteiger partial charge < -0.3 is 19.7 Å². The van der Waals surface area contributed by atoms with Crippen LogP contribution in [0.4, 0.5) is 0 Å². The fraction of sp³-hybridized carbons (Fsp3) is 1.00. The summed E-state index contributed by atoms with van der Waals surface area (Å²) in [5, 5.41) is 18.0. The smallest absolute Gasteiger partial charge is 0.0970 e. The van der Waals surface area contributed by atoms with Gasteiger partial charge in [0.05, 0.1) is 11.2 Å². The molecule has 2 aliphatic carbocycles. The summed E-state index contributed by atoms with van der Waals surface area (Å²) in [6, 6.07) is 0. The van der Waals surface area contributed by atoms with Crippen LogP contribution in [0, 0.1) is 0 Å². The van der Waals surface area contributed by atoms with Crippen LogP contribution in [0.25, 0.3) is 0 Å². The quantitative estimate of drug-likeness (QED) is 0.673. The van der Waals surface area contributed by atoms with Crippen molar-refractivity contribution in [2.75, 3.05) is 26.4 Å².